The van der Waals surface area contributed by atoms with Gasteiger partial charge in [-0.15, -0.1) is 0 Å². The van der Waals surface area contributed by atoms with Gasteiger partial charge in [0.15, 0.2) is 0 Å². The minimum Gasteiger partial charge on any atom is -0.369 e. The van der Waals surface area contributed by atoms with Gasteiger partial charge in [-0.05, 0) is 24.3 Å². The lowest BCUT2D eigenvalue weighted by Gasteiger charge is -2.36. The van der Waals surface area contributed by atoms with E-state index in [9.17, 15) is 0 Å². The van der Waals surface area contributed by atoms with Crippen LogP contribution in [-0.2, 0) is 0 Å². The second-order valence-corrected chi connectivity index (χ2v) is 6.46. The fraction of sp³-hybridized carbons (Fsp3) is 0.278. The van der Waals surface area contributed by atoms with Gasteiger partial charge in [-0.25, -0.2) is 0 Å². The molecular weight excluding hydrogens is 326 g/mol. The van der Waals surface area contributed by atoms with E-state index < -0.39 is 0 Å². The van der Waals surface area contributed by atoms with Crippen molar-refractivity contribution < 1.29 is 0 Å². The van der Waals surface area contributed by atoms with Crippen molar-refractivity contribution in [3.05, 3.63) is 65.2 Å². The fourth-order valence-corrected chi connectivity index (χ4v) is 3.02. The number of para-hydroxylation sites is 1. The molecule has 0 radical (unpaired) electrons. The zero-order valence-electron chi connectivity index (χ0n) is 12.9. The number of benzene rings is 2. The standard InChI is InChI=1S/C18H20ClN3S/c19-16-8-6-15(7-9-16)18(23)20-14-21-10-12-22(13-11-21)17-4-2-1-3-5-17/h1-9H,10-14H2,(H,20,23). The van der Waals surface area contributed by atoms with Gasteiger partial charge in [0.05, 0.1) is 6.67 Å². The highest BCUT2D eigenvalue weighted by atomic mass is 35.5. The monoisotopic (exact) mass is 345 g/mol. The number of piperazine rings is 1. The van der Waals surface area contributed by atoms with Gasteiger partial charge in [0.2, 0.25) is 0 Å². The number of hydrogen-bond donors (Lipinski definition) is 1. The minimum atomic E-state index is 0.730. The number of hydrogen-bond acceptors (Lipinski definition) is 3. The third-order valence-corrected chi connectivity index (χ3v) is 4.70. The molecule has 5 heteroatoms. The van der Waals surface area contributed by atoms with Gasteiger partial charge in [0, 0.05) is 42.5 Å². The SMILES string of the molecule is S=C(NCN1CCN(c2ccccc2)CC1)c1ccc(Cl)cc1. The van der Waals surface area contributed by atoms with E-state index in [1.165, 1.54) is 5.69 Å². The Balaban J connectivity index is 1.46. The first-order chi connectivity index (χ1) is 11.2. The summed E-state index contributed by atoms with van der Waals surface area (Å²) in [5.41, 5.74) is 2.31. The summed E-state index contributed by atoms with van der Waals surface area (Å²) in [6, 6.07) is 18.2. The Labute approximate surface area is 147 Å². The number of anilines is 1. The van der Waals surface area contributed by atoms with Crippen molar-refractivity contribution in [3.8, 4) is 0 Å². The summed E-state index contributed by atoms with van der Waals surface area (Å²) in [6.45, 7) is 4.93. The lowest BCUT2D eigenvalue weighted by Crippen LogP contribution is -2.49. The molecule has 2 aromatic rings. The third kappa shape index (κ3) is 4.44. The molecular formula is C18H20ClN3S. The summed E-state index contributed by atoms with van der Waals surface area (Å²) >= 11 is 11.3. The molecule has 0 saturated carbocycles. The van der Waals surface area contributed by atoms with Gasteiger partial charge >= 0.3 is 0 Å². The molecule has 0 amide bonds. The van der Waals surface area contributed by atoms with Crippen LogP contribution in [0.15, 0.2) is 54.6 Å². The number of nitrogens with one attached hydrogen (secondary N) is 1. The Morgan fingerprint density at radius 1 is 0.957 bits per heavy atom. The highest BCUT2D eigenvalue weighted by molar-refractivity contribution is 7.80. The predicted octanol–water partition coefficient (Wildman–Crippen LogP) is 3.38. The van der Waals surface area contributed by atoms with Crippen molar-refractivity contribution in [1.29, 1.82) is 0 Å². The third-order valence-electron chi connectivity index (χ3n) is 4.06. The van der Waals surface area contributed by atoms with Gasteiger partial charge in [0.25, 0.3) is 0 Å². The van der Waals surface area contributed by atoms with Crippen LogP contribution in [0.25, 0.3) is 0 Å². The maximum atomic E-state index is 5.90. The van der Waals surface area contributed by atoms with E-state index >= 15 is 0 Å². The van der Waals surface area contributed by atoms with Crippen LogP contribution >= 0.6 is 23.8 Å². The molecule has 0 aliphatic carbocycles. The van der Waals surface area contributed by atoms with Gasteiger partial charge in [0.1, 0.15) is 4.99 Å². The molecule has 1 aliphatic rings. The predicted molar refractivity (Wildman–Crippen MR) is 101 cm³/mol. The van der Waals surface area contributed by atoms with E-state index in [-0.39, 0.29) is 0 Å². The Kier molecular flexibility index (Phi) is 5.49. The zero-order chi connectivity index (χ0) is 16.1. The number of rotatable bonds is 4. The number of halogens is 1. The topological polar surface area (TPSA) is 18.5 Å². The average molecular weight is 346 g/mol. The van der Waals surface area contributed by atoms with Crippen LogP contribution in [0.1, 0.15) is 5.56 Å². The molecule has 3 rings (SSSR count). The summed E-state index contributed by atoms with van der Waals surface area (Å²) in [7, 11) is 0. The van der Waals surface area contributed by atoms with E-state index in [0.717, 1.165) is 48.4 Å². The second kappa shape index (κ2) is 7.77. The maximum Gasteiger partial charge on any atom is 0.107 e. The molecule has 120 valence electrons. The molecule has 23 heavy (non-hydrogen) atoms. The molecule has 1 N–H and O–H groups in total. The molecule has 0 bridgehead atoms. The van der Waals surface area contributed by atoms with Crippen LogP contribution in [0, 0.1) is 0 Å². The molecule has 1 saturated heterocycles. The molecule has 0 aromatic heterocycles. The second-order valence-electron chi connectivity index (χ2n) is 5.61. The first-order valence-electron chi connectivity index (χ1n) is 7.78. The van der Waals surface area contributed by atoms with Crippen molar-refractivity contribution in [3.63, 3.8) is 0 Å². The Morgan fingerprint density at radius 3 is 2.26 bits per heavy atom. The van der Waals surface area contributed by atoms with E-state index in [1.54, 1.807) is 0 Å². The van der Waals surface area contributed by atoms with E-state index in [4.69, 9.17) is 23.8 Å². The van der Waals surface area contributed by atoms with Gasteiger partial charge in [-0.3, -0.25) is 4.90 Å². The number of nitrogens with zero attached hydrogens (tertiary/aromatic N) is 2. The molecule has 0 unspecified atom stereocenters. The molecule has 0 atom stereocenters. The molecule has 1 aliphatic heterocycles. The highest BCUT2D eigenvalue weighted by Crippen LogP contribution is 2.15. The molecule has 3 nitrogen and oxygen atoms in total. The van der Waals surface area contributed by atoms with Crippen molar-refractivity contribution >= 4 is 34.5 Å². The van der Waals surface area contributed by atoms with Gasteiger partial charge in [-0.1, -0.05) is 54.2 Å². The fourth-order valence-electron chi connectivity index (χ4n) is 2.69. The first-order valence-corrected chi connectivity index (χ1v) is 8.57. The smallest absolute Gasteiger partial charge is 0.107 e. The van der Waals surface area contributed by atoms with Crippen LogP contribution in [-0.4, -0.2) is 42.7 Å². The van der Waals surface area contributed by atoms with Crippen molar-refractivity contribution in [2.75, 3.05) is 37.7 Å². The molecule has 0 spiro atoms. The summed E-state index contributed by atoms with van der Waals surface area (Å²) in [5, 5.41) is 4.07. The van der Waals surface area contributed by atoms with Crippen LogP contribution in [0.4, 0.5) is 5.69 Å². The van der Waals surface area contributed by atoms with Gasteiger partial charge in [-0.2, -0.15) is 0 Å². The maximum absolute atomic E-state index is 5.90. The van der Waals surface area contributed by atoms with Crippen molar-refractivity contribution in [1.82, 2.24) is 10.2 Å². The van der Waals surface area contributed by atoms with Crippen LogP contribution < -0.4 is 10.2 Å². The largest absolute Gasteiger partial charge is 0.369 e. The quantitative estimate of drug-likeness (QED) is 0.856. The van der Waals surface area contributed by atoms with Crippen molar-refractivity contribution in [2.24, 2.45) is 0 Å². The van der Waals surface area contributed by atoms with Crippen molar-refractivity contribution in [2.45, 2.75) is 0 Å². The highest BCUT2D eigenvalue weighted by Gasteiger charge is 2.16. The Bertz CT molecular complexity index is 637. The van der Waals surface area contributed by atoms with E-state index in [1.807, 2.05) is 24.3 Å². The number of thiocarbonyl (C=S) groups is 1. The molecule has 1 heterocycles. The Hall–Kier alpha value is -1.62. The Morgan fingerprint density at radius 2 is 1.61 bits per heavy atom. The minimum absolute atomic E-state index is 0.730. The zero-order valence-corrected chi connectivity index (χ0v) is 14.5. The summed E-state index contributed by atoms with van der Waals surface area (Å²) < 4.78 is 0. The normalized spacial score (nSPS) is 15.4. The average Bonchev–Trinajstić information content (AvgIpc) is 2.61. The van der Waals surface area contributed by atoms with Gasteiger partial charge < -0.3 is 10.2 Å². The lowest BCUT2D eigenvalue weighted by molar-refractivity contribution is 0.254. The first kappa shape index (κ1) is 16.2. The molecule has 1 fully saturated rings. The molecule has 2 aromatic carbocycles. The lowest BCUT2D eigenvalue weighted by atomic mass is 10.2. The van der Waals surface area contributed by atoms with E-state index in [2.05, 4.69) is 45.4 Å². The van der Waals surface area contributed by atoms with E-state index in [0.29, 0.717) is 0 Å². The summed E-state index contributed by atoms with van der Waals surface area (Å²) in [6.07, 6.45) is 0. The van der Waals surface area contributed by atoms with Crippen LogP contribution in [0.2, 0.25) is 5.02 Å². The van der Waals surface area contributed by atoms with Crippen LogP contribution in [0.5, 0.6) is 0 Å². The summed E-state index contributed by atoms with van der Waals surface area (Å²) in [5.74, 6) is 0. The van der Waals surface area contributed by atoms with Crippen LogP contribution in [0.3, 0.4) is 0 Å². The summed E-state index contributed by atoms with van der Waals surface area (Å²) in [4.78, 5) is 5.59.